The molecule has 0 radical (unpaired) electrons. The molecule has 2 unspecified atom stereocenters. The van der Waals surface area contributed by atoms with E-state index in [1.807, 2.05) is 0 Å². The Kier molecular flexibility index (Phi) is 1.37. The Morgan fingerprint density at radius 1 is 1.00 bits per heavy atom. The molecule has 2 rings (SSSR count). The summed E-state index contributed by atoms with van der Waals surface area (Å²) >= 11 is 0. The first-order valence-electron chi connectivity index (χ1n) is 5.11. The molecule has 0 aliphatic heterocycles. The highest BCUT2D eigenvalue weighted by Gasteiger charge is 2.56. The Hall–Kier alpha value is -0.260. The minimum atomic E-state index is 0.541. The normalized spacial score (nSPS) is 52.2. The van der Waals surface area contributed by atoms with Gasteiger partial charge in [-0.25, -0.2) is 0 Å². The number of hydrogen-bond donors (Lipinski definition) is 0. The van der Waals surface area contributed by atoms with Crippen LogP contribution in [0.4, 0.5) is 0 Å². The van der Waals surface area contributed by atoms with Crippen molar-refractivity contribution in [2.75, 3.05) is 0 Å². The summed E-state index contributed by atoms with van der Waals surface area (Å²) in [5, 5.41) is 0. The third-order valence-electron chi connectivity index (χ3n) is 5.35. The summed E-state index contributed by atoms with van der Waals surface area (Å²) in [6, 6.07) is 0. The van der Waals surface area contributed by atoms with E-state index in [-0.39, 0.29) is 0 Å². The van der Waals surface area contributed by atoms with Gasteiger partial charge in [-0.15, -0.1) is 0 Å². The van der Waals surface area contributed by atoms with Gasteiger partial charge in [0.15, 0.2) is 0 Å². The molecular formula is C12H20. The van der Waals surface area contributed by atoms with Crippen LogP contribution in [0.5, 0.6) is 0 Å². The summed E-state index contributed by atoms with van der Waals surface area (Å²) < 4.78 is 0. The van der Waals surface area contributed by atoms with E-state index in [0.717, 1.165) is 5.92 Å². The molecule has 0 amide bonds. The van der Waals surface area contributed by atoms with Crippen LogP contribution in [-0.4, -0.2) is 0 Å². The maximum atomic E-state index is 2.45. The van der Waals surface area contributed by atoms with Gasteiger partial charge in [0.2, 0.25) is 0 Å². The third-order valence-corrected chi connectivity index (χ3v) is 5.35. The topological polar surface area (TPSA) is 0 Å². The predicted octanol–water partition coefficient (Wildman–Crippen LogP) is 3.78. The summed E-state index contributed by atoms with van der Waals surface area (Å²) in [5.74, 6) is 0.866. The molecule has 12 heavy (non-hydrogen) atoms. The molecular weight excluding hydrogens is 144 g/mol. The second-order valence-electron chi connectivity index (χ2n) is 5.31. The summed E-state index contributed by atoms with van der Waals surface area (Å²) in [6.45, 7) is 12.0. The maximum absolute atomic E-state index is 2.45. The van der Waals surface area contributed by atoms with Crippen LogP contribution in [0.25, 0.3) is 0 Å². The number of rotatable bonds is 0. The van der Waals surface area contributed by atoms with E-state index in [9.17, 15) is 0 Å². The van der Waals surface area contributed by atoms with Crippen molar-refractivity contribution < 1.29 is 0 Å². The van der Waals surface area contributed by atoms with Gasteiger partial charge in [0.1, 0.15) is 0 Å². The smallest absolute Gasteiger partial charge is 0.00822 e. The Bertz CT molecular complexity index is 235. The van der Waals surface area contributed by atoms with Crippen LogP contribution in [0.1, 0.15) is 47.5 Å². The molecule has 0 aromatic heterocycles. The molecule has 2 aliphatic carbocycles. The highest BCUT2D eigenvalue weighted by molar-refractivity contribution is 5.37. The lowest BCUT2D eigenvalue weighted by molar-refractivity contribution is 0.250. The van der Waals surface area contributed by atoms with Gasteiger partial charge in [-0.1, -0.05) is 31.9 Å². The van der Waals surface area contributed by atoms with Crippen LogP contribution in [0, 0.1) is 16.7 Å². The first-order chi connectivity index (χ1) is 5.43. The molecule has 0 N–H and O–H groups in total. The first-order valence-corrected chi connectivity index (χ1v) is 5.11. The second kappa shape index (κ2) is 1.97. The molecule has 1 saturated carbocycles. The Balaban J connectivity index is 2.58. The van der Waals surface area contributed by atoms with Gasteiger partial charge in [0.25, 0.3) is 0 Å². The molecule has 0 aromatic carbocycles. The molecule has 0 saturated heterocycles. The molecule has 0 aromatic rings. The van der Waals surface area contributed by atoms with E-state index in [4.69, 9.17) is 0 Å². The zero-order valence-corrected chi connectivity index (χ0v) is 8.99. The van der Waals surface area contributed by atoms with Gasteiger partial charge in [0, 0.05) is 0 Å². The lowest BCUT2D eigenvalue weighted by Crippen LogP contribution is -2.21. The molecule has 1 fully saturated rings. The van der Waals surface area contributed by atoms with Crippen molar-refractivity contribution in [3.8, 4) is 0 Å². The van der Waals surface area contributed by atoms with Crippen molar-refractivity contribution in [3.63, 3.8) is 0 Å². The summed E-state index contributed by atoms with van der Waals surface area (Å²) in [4.78, 5) is 0. The van der Waals surface area contributed by atoms with Crippen LogP contribution in [0.2, 0.25) is 0 Å². The Labute approximate surface area is 76.1 Å². The van der Waals surface area contributed by atoms with E-state index in [1.54, 1.807) is 11.1 Å². The predicted molar refractivity (Wildman–Crippen MR) is 53.0 cm³/mol. The van der Waals surface area contributed by atoms with Crippen molar-refractivity contribution in [2.45, 2.75) is 47.5 Å². The zero-order valence-electron chi connectivity index (χ0n) is 8.99. The van der Waals surface area contributed by atoms with Crippen LogP contribution in [-0.2, 0) is 0 Å². The molecule has 2 aliphatic rings. The van der Waals surface area contributed by atoms with Crippen LogP contribution < -0.4 is 0 Å². The van der Waals surface area contributed by atoms with Crippen molar-refractivity contribution in [1.29, 1.82) is 0 Å². The Morgan fingerprint density at radius 2 is 1.33 bits per heavy atom. The SMILES string of the molecule is CC1=C(C)C2(C)CCC1(C)C2C. The first kappa shape index (κ1) is 8.34. The fourth-order valence-electron chi connectivity index (χ4n) is 3.54. The monoisotopic (exact) mass is 164 g/mol. The van der Waals surface area contributed by atoms with Crippen LogP contribution in [0.3, 0.4) is 0 Å². The number of allylic oxidation sites excluding steroid dienone is 2. The summed E-state index contributed by atoms with van der Waals surface area (Å²) in [6.07, 6.45) is 2.82. The lowest BCUT2D eigenvalue weighted by atomic mass is 9.76. The minimum Gasteiger partial charge on any atom is -0.0676 e. The van der Waals surface area contributed by atoms with E-state index < -0.39 is 0 Å². The molecule has 2 bridgehead atoms. The minimum absolute atomic E-state index is 0.541. The van der Waals surface area contributed by atoms with Gasteiger partial charge in [-0.2, -0.15) is 0 Å². The van der Waals surface area contributed by atoms with E-state index >= 15 is 0 Å². The van der Waals surface area contributed by atoms with Crippen molar-refractivity contribution in [1.82, 2.24) is 0 Å². The van der Waals surface area contributed by atoms with Crippen molar-refractivity contribution >= 4 is 0 Å². The van der Waals surface area contributed by atoms with E-state index in [2.05, 4.69) is 34.6 Å². The van der Waals surface area contributed by atoms with Crippen molar-refractivity contribution in [2.24, 2.45) is 16.7 Å². The standard InChI is InChI=1S/C12H20/c1-8-9(2)12(5)7-6-11(8,4)10(12)3/h10H,6-7H2,1-5H3. The van der Waals surface area contributed by atoms with Crippen LogP contribution >= 0.6 is 0 Å². The van der Waals surface area contributed by atoms with E-state index in [0.29, 0.717) is 10.8 Å². The van der Waals surface area contributed by atoms with Gasteiger partial charge in [-0.05, 0) is 43.4 Å². The second-order valence-corrected chi connectivity index (χ2v) is 5.31. The average Bonchev–Trinajstić information content (AvgIpc) is 2.33. The summed E-state index contributed by atoms with van der Waals surface area (Å²) in [5.41, 5.74) is 4.45. The number of hydrogen-bond acceptors (Lipinski definition) is 0. The van der Waals surface area contributed by atoms with Gasteiger partial charge >= 0.3 is 0 Å². The molecule has 0 heterocycles. The number of fused-ring (bicyclic) bond motifs is 2. The lowest BCUT2D eigenvalue weighted by Gasteiger charge is -2.28. The maximum Gasteiger partial charge on any atom is -0.00822 e. The fraction of sp³-hybridized carbons (Fsp3) is 0.833. The van der Waals surface area contributed by atoms with E-state index in [1.165, 1.54) is 12.8 Å². The highest BCUT2D eigenvalue weighted by atomic mass is 14.6. The molecule has 0 spiro atoms. The molecule has 68 valence electrons. The van der Waals surface area contributed by atoms with Gasteiger partial charge in [0.05, 0.1) is 0 Å². The quantitative estimate of drug-likeness (QED) is 0.478. The zero-order chi connectivity index (χ0) is 9.15. The van der Waals surface area contributed by atoms with Crippen LogP contribution in [0.15, 0.2) is 11.1 Å². The fourth-order valence-corrected chi connectivity index (χ4v) is 3.54. The third kappa shape index (κ3) is 0.616. The molecule has 0 heteroatoms. The molecule has 0 nitrogen and oxygen atoms in total. The van der Waals surface area contributed by atoms with Crippen molar-refractivity contribution in [3.05, 3.63) is 11.1 Å². The largest absolute Gasteiger partial charge is 0.0676 e. The molecule has 2 atom stereocenters. The average molecular weight is 164 g/mol. The van der Waals surface area contributed by atoms with Gasteiger partial charge < -0.3 is 0 Å². The van der Waals surface area contributed by atoms with Gasteiger partial charge in [-0.3, -0.25) is 0 Å². The highest BCUT2D eigenvalue weighted by Crippen LogP contribution is 2.66. The summed E-state index contributed by atoms with van der Waals surface area (Å²) in [7, 11) is 0. The Morgan fingerprint density at radius 3 is 1.50 bits per heavy atom.